The summed E-state index contributed by atoms with van der Waals surface area (Å²) < 4.78 is 8.34. The molecule has 0 aliphatic carbocycles. The summed E-state index contributed by atoms with van der Waals surface area (Å²) in [4.78, 5) is 19.4. The van der Waals surface area contributed by atoms with Gasteiger partial charge in [0, 0.05) is 19.5 Å². The van der Waals surface area contributed by atoms with Gasteiger partial charge in [0.1, 0.15) is 11.6 Å². The van der Waals surface area contributed by atoms with Crippen LogP contribution in [-0.2, 0) is 11.3 Å². The first-order valence-corrected chi connectivity index (χ1v) is 11.0. The summed E-state index contributed by atoms with van der Waals surface area (Å²) in [6, 6.07) is 14.6. The number of carbonyl (C=O) groups is 1. The van der Waals surface area contributed by atoms with Crippen molar-refractivity contribution in [1.29, 1.82) is 0 Å². The molecular formula is C25H31N3O2. The highest BCUT2D eigenvalue weighted by Gasteiger charge is 2.32. The molecule has 1 aliphatic heterocycles. The van der Waals surface area contributed by atoms with E-state index in [0.29, 0.717) is 13.0 Å². The standard InChI is InChI=1S/C25H31N3O2/c1-4-24(29)27-14-7-11-22(27)25-26-20-9-5-6-10-21(20)28(25)15-8-16-30-23-13-12-18(2)17-19(23)3/h5-6,9-10,12-13,17,22H,4,7-8,11,14-16H2,1-3H3. The lowest BCUT2D eigenvalue weighted by Gasteiger charge is -2.25. The monoisotopic (exact) mass is 405 g/mol. The zero-order valence-electron chi connectivity index (χ0n) is 18.2. The predicted molar refractivity (Wildman–Crippen MR) is 120 cm³/mol. The molecule has 1 fully saturated rings. The molecule has 5 heteroatoms. The van der Waals surface area contributed by atoms with Gasteiger partial charge in [0.05, 0.1) is 23.7 Å². The van der Waals surface area contributed by atoms with E-state index in [2.05, 4.69) is 54.8 Å². The third kappa shape index (κ3) is 4.07. The smallest absolute Gasteiger partial charge is 0.222 e. The molecule has 0 saturated carbocycles. The molecule has 0 spiro atoms. The first kappa shape index (κ1) is 20.5. The summed E-state index contributed by atoms with van der Waals surface area (Å²) in [6.07, 6.45) is 3.44. The highest BCUT2D eigenvalue weighted by atomic mass is 16.5. The second-order valence-electron chi connectivity index (χ2n) is 8.18. The third-order valence-electron chi connectivity index (χ3n) is 5.97. The molecule has 2 aromatic carbocycles. The number of nitrogens with zero attached hydrogens (tertiary/aromatic N) is 3. The minimum atomic E-state index is 0.0742. The summed E-state index contributed by atoms with van der Waals surface area (Å²) in [5.41, 5.74) is 4.55. The van der Waals surface area contributed by atoms with Gasteiger partial charge in [-0.3, -0.25) is 4.79 Å². The summed E-state index contributed by atoms with van der Waals surface area (Å²) >= 11 is 0. The molecule has 1 aromatic heterocycles. The van der Waals surface area contributed by atoms with Gasteiger partial charge in [0.25, 0.3) is 0 Å². The van der Waals surface area contributed by atoms with Crippen molar-refractivity contribution in [2.45, 2.75) is 59.0 Å². The number of carbonyl (C=O) groups excluding carboxylic acids is 1. The maximum absolute atomic E-state index is 12.5. The van der Waals surface area contributed by atoms with Crippen LogP contribution in [0, 0.1) is 13.8 Å². The molecule has 158 valence electrons. The van der Waals surface area contributed by atoms with Crippen LogP contribution in [0.1, 0.15) is 55.6 Å². The number of aryl methyl sites for hydroxylation is 3. The molecular weight excluding hydrogens is 374 g/mol. The van der Waals surface area contributed by atoms with Gasteiger partial charge in [-0.05, 0) is 56.9 Å². The van der Waals surface area contributed by atoms with Crippen LogP contribution in [0.25, 0.3) is 11.0 Å². The summed E-state index contributed by atoms with van der Waals surface area (Å²) in [6.45, 7) is 8.42. The topological polar surface area (TPSA) is 47.4 Å². The fourth-order valence-corrected chi connectivity index (χ4v) is 4.49. The third-order valence-corrected chi connectivity index (χ3v) is 5.97. The minimum absolute atomic E-state index is 0.0742. The molecule has 0 bridgehead atoms. The quantitative estimate of drug-likeness (QED) is 0.508. The highest BCUT2D eigenvalue weighted by Crippen LogP contribution is 2.34. The fourth-order valence-electron chi connectivity index (χ4n) is 4.49. The maximum Gasteiger partial charge on any atom is 0.222 e. The molecule has 1 saturated heterocycles. The van der Waals surface area contributed by atoms with Crippen LogP contribution in [0.5, 0.6) is 5.75 Å². The minimum Gasteiger partial charge on any atom is -0.493 e. The summed E-state index contributed by atoms with van der Waals surface area (Å²) in [7, 11) is 0. The number of para-hydroxylation sites is 2. The van der Waals surface area contributed by atoms with Crippen LogP contribution in [0.15, 0.2) is 42.5 Å². The Bertz CT molecular complexity index is 1040. The van der Waals surface area contributed by atoms with E-state index in [1.165, 1.54) is 11.1 Å². The van der Waals surface area contributed by atoms with Crippen LogP contribution < -0.4 is 4.74 Å². The van der Waals surface area contributed by atoms with Crippen molar-refractivity contribution in [3.8, 4) is 5.75 Å². The normalized spacial score (nSPS) is 16.4. The number of hydrogen-bond acceptors (Lipinski definition) is 3. The molecule has 3 aromatic rings. The number of imidazole rings is 1. The van der Waals surface area contributed by atoms with Gasteiger partial charge < -0.3 is 14.2 Å². The number of likely N-dealkylation sites (tertiary alicyclic amines) is 1. The van der Waals surface area contributed by atoms with E-state index in [4.69, 9.17) is 9.72 Å². The number of aromatic nitrogens is 2. The van der Waals surface area contributed by atoms with Crippen molar-refractivity contribution in [3.05, 3.63) is 59.4 Å². The molecule has 1 atom stereocenters. The van der Waals surface area contributed by atoms with Crippen molar-refractivity contribution in [2.75, 3.05) is 13.2 Å². The Morgan fingerprint density at radius 2 is 2.03 bits per heavy atom. The number of rotatable bonds is 7. The van der Waals surface area contributed by atoms with Crippen LogP contribution in [0.4, 0.5) is 0 Å². The molecule has 4 rings (SSSR count). The average Bonchev–Trinajstić information content (AvgIpc) is 3.36. The number of benzene rings is 2. The largest absolute Gasteiger partial charge is 0.493 e. The van der Waals surface area contributed by atoms with Crippen molar-refractivity contribution < 1.29 is 9.53 Å². The summed E-state index contributed by atoms with van der Waals surface area (Å²) in [5, 5.41) is 0. The lowest BCUT2D eigenvalue weighted by molar-refractivity contribution is -0.131. The second kappa shape index (κ2) is 8.90. The molecule has 2 heterocycles. The zero-order chi connectivity index (χ0) is 21.1. The van der Waals surface area contributed by atoms with Crippen molar-refractivity contribution in [3.63, 3.8) is 0 Å². The van der Waals surface area contributed by atoms with E-state index < -0.39 is 0 Å². The summed E-state index contributed by atoms with van der Waals surface area (Å²) in [5.74, 6) is 2.18. The Kier molecular flexibility index (Phi) is 6.07. The Morgan fingerprint density at radius 3 is 2.83 bits per heavy atom. The highest BCUT2D eigenvalue weighted by molar-refractivity contribution is 5.78. The van der Waals surface area contributed by atoms with Crippen molar-refractivity contribution >= 4 is 16.9 Å². The van der Waals surface area contributed by atoms with Gasteiger partial charge in [-0.2, -0.15) is 0 Å². The van der Waals surface area contributed by atoms with E-state index in [9.17, 15) is 4.79 Å². The SMILES string of the molecule is CCC(=O)N1CCCC1c1nc2ccccc2n1CCCOc1ccc(C)cc1C. The Labute approximate surface area is 178 Å². The number of ether oxygens (including phenoxy) is 1. The van der Waals surface area contributed by atoms with Crippen LogP contribution >= 0.6 is 0 Å². The van der Waals surface area contributed by atoms with E-state index in [0.717, 1.165) is 55.0 Å². The van der Waals surface area contributed by atoms with Crippen LogP contribution in [0.2, 0.25) is 0 Å². The molecule has 1 unspecified atom stereocenters. The lowest BCUT2D eigenvalue weighted by atomic mass is 10.1. The first-order valence-electron chi connectivity index (χ1n) is 11.0. The lowest BCUT2D eigenvalue weighted by Crippen LogP contribution is -2.31. The van der Waals surface area contributed by atoms with E-state index in [1.54, 1.807) is 0 Å². The van der Waals surface area contributed by atoms with Crippen molar-refractivity contribution in [2.24, 2.45) is 0 Å². The Morgan fingerprint density at radius 1 is 1.20 bits per heavy atom. The van der Waals surface area contributed by atoms with Crippen molar-refractivity contribution in [1.82, 2.24) is 14.5 Å². The van der Waals surface area contributed by atoms with Gasteiger partial charge in [-0.15, -0.1) is 0 Å². The van der Waals surface area contributed by atoms with E-state index in [1.807, 2.05) is 17.9 Å². The van der Waals surface area contributed by atoms with Crippen LogP contribution in [-0.4, -0.2) is 33.5 Å². The molecule has 0 N–H and O–H groups in total. The molecule has 1 aliphatic rings. The average molecular weight is 406 g/mol. The van der Waals surface area contributed by atoms with Gasteiger partial charge >= 0.3 is 0 Å². The maximum atomic E-state index is 12.5. The Balaban J connectivity index is 1.52. The first-order chi connectivity index (χ1) is 14.6. The van der Waals surface area contributed by atoms with Gasteiger partial charge in [-0.25, -0.2) is 4.98 Å². The number of fused-ring (bicyclic) bond motifs is 1. The van der Waals surface area contributed by atoms with Crippen LogP contribution in [0.3, 0.4) is 0 Å². The van der Waals surface area contributed by atoms with Gasteiger partial charge in [-0.1, -0.05) is 36.8 Å². The molecule has 0 radical (unpaired) electrons. The van der Waals surface area contributed by atoms with E-state index >= 15 is 0 Å². The molecule has 5 nitrogen and oxygen atoms in total. The predicted octanol–water partition coefficient (Wildman–Crippen LogP) is 5.20. The van der Waals surface area contributed by atoms with Gasteiger partial charge in [0.15, 0.2) is 0 Å². The van der Waals surface area contributed by atoms with E-state index in [-0.39, 0.29) is 11.9 Å². The number of amides is 1. The zero-order valence-corrected chi connectivity index (χ0v) is 18.2. The fraction of sp³-hybridized carbons (Fsp3) is 0.440. The number of hydrogen-bond donors (Lipinski definition) is 0. The molecule has 30 heavy (non-hydrogen) atoms. The van der Waals surface area contributed by atoms with Gasteiger partial charge in [0.2, 0.25) is 5.91 Å². The second-order valence-corrected chi connectivity index (χ2v) is 8.18. The molecule has 1 amide bonds. The Hall–Kier alpha value is -2.82.